The number of unbranched alkanes of at least 4 members (excludes halogenated alkanes) is 2. The van der Waals surface area contributed by atoms with Gasteiger partial charge in [-0.1, -0.05) is 44.4 Å². The number of amides is 1. The lowest BCUT2D eigenvalue weighted by Gasteiger charge is -2.35. The number of nitrogens with zero attached hydrogens (tertiary/aromatic N) is 1. The summed E-state index contributed by atoms with van der Waals surface area (Å²) in [7, 11) is 0. The summed E-state index contributed by atoms with van der Waals surface area (Å²) >= 11 is 0. The Morgan fingerprint density at radius 1 is 1.33 bits per heavy atom. The monoisotopic (exact) mass is 284 g/mol. The minimum absolute atomic E-state index is 0.195. The van der Waals surface area contributed by atoms with Crippen LogP contribution in [0.25, 0.3) is 10.9 Å². The Morgan fingerprint density at radius 3 is 2.90 bits per heavy atom. The minimum atomic E-state index is 0.195. The van der Waals surface area contributed by atoms with Gasteiger partial charge in [0.1, 0.15) is 0 Å². The van der Waals surface area contributed by atoms with E-state index in [0.29, 0.717) is 0 Å². The molecule has 0 saturated heterocycles. The standard InChI is InChI=1S/C18H24N2O/c1-3-4-5-10-17-18-15(11-12-20(17)13(2)21)14-8-6-7-9-16(14)19-18/h6-9,17,19H,3-5,10-12H2,1-2H3/t17-/m0/s1. The molecular weight excluding hydrogens is 260 g/mol. The number of H-pyrrole nitrogens is 1. The maximum atomic E-state index is 12.0. The van der Waals surface area contributed by atoms with E-state index in [2.05, 4.69) is 36.2 Å². The lowest BCUT2D eigenvalue weighted by molar-refractivity contribution is -0.132. The number of nitrogens with one attached hydrogen (secondary N) is 1. The first-order valence-corrected chi connectivity index (χ1v) is 8.09. The van der Waals surface area contributed by atoms with Gasteiger partial charge in [0.05, 0.1) is 6.04 Å². The molecule has 0 bridgehead atoms. The third-order valence-electron chi connectivity index (χ3n) is 4.64. The maximum Gasteiger partial charge on any atom is 0.220 e. The summed E-state index contributed by atoms with van der Waals surface area (Å²) in [4.78, 5) is 17.6. The number of aromatic nitrogens is 1. The summed E-state index contributed by atoms with van der Waals surface area (Å²) in [6, 6.07) is 8.72. The highest BCUT2D eigenvalue weighted by Crippen LogP contribution is 2.37. The predicted molar refractivity (Wildman–Crippen MR) is 86.3 cm³/mol. The second-order valence-electron chi connectivity index (χ2n) is 6.04. The molecule has 3 nitrogen and oxygen atoms in total. The molecule has 1 aliphatic heterocycles. The molecule has 1 atom stereocenters. The van der Waals surface area contributed by atoms with Crippen molar-refractivity contribution in [2.24, 2.45) is 0 Å². The van der Waals surface area contributed by atoms with Crippen molar-refractivity contribution in [1.29, 1.82) is 0 Å². The molecule has 0 saturated carbocycles. The van der Waals surface area contributed by atoms with Crippen molar-refractivity contribution in [3.63, 3.8) is 0 Å². The quantitative estimate of drug-likeness (QED) is 0.839. The van der Waals surface area contributed by atoms with Crippen molar-refractivity contribution in [2.45, 2.75) is 52.0 Å². The van der Waals surface area contributed by atoms with Crippen molar-refractivity contribution < 1.29 is 4.79 Å². The van der Waals surface area contributed by atoms with E-state index in [-0.39, 0.29) is 11.9 Å². The molecule has 1 aromatic heterocycles. The average Bonchev–Trinajstić information content (AvgIpc) is 2.86. The third-order valence-corrected chi connectivity index (χ3v) is 4.64. The van der Waals surface area contributed by atoms with Crippen LogP contribution in [0, 0.1) is 0 Å². The molecule has 1 amide bonds. The molecule has 0 unspecified atom stereocenters. The van der Waals surface area contributed by atoms with E-state index < -0.39 is 0 Å². The molecule has 3 heteroatoms. The van der Waals surface area contributed by atoms with Crippen molar-refractivity contribution in [3.8, 4) is 0 Å². The van der Waals surface area contributed by atoms with Crippen LogP contribution in [0.15, 0.2) is 24.3 Å². The maximum absolute atomic E-state index is 12.0. The van der Waals surface area contributed by atoms with Gasteiger partial charge in [0, 0.05) is 30.1 Å². The fraction of sp³-hybridized carbons (Fsp3) is 0.500. The molecule has 2 heterocycles. The zero-order chi connectivity index (χ0) is 14.8. The largest absolute Gasteiger partial charge is 0.356 e. The van der Waals surface area contributed by atoms with Crippen LogP contribution in [-0.4, -0.2) is 22.3 Å². The molecule has 1 N–H and O–H groups in total. The topological polar surface area (TPSA) is 36.1 Å². The van der Waals surface area contributed by atoms with Crippen LogP contribution in [0.4, 0.5) is 0 Å². The second-order valence-corrected chi connectivity index (χ2v) is 6.04. The van der Waals surface area contributed by atoms with E-state index in [9.17, 15) is 4.79 Å². The number of para-hydroxylation sites is 1. The summed E-state index contributed by atoms with van der Waals surface area (Å²) in [5.74, 6) is 0.195. The highest BCUT2D eigenvalue weighted by molar-refractivity contribution is 5.86. The van der Waals surface area contributed by atoms with Gasteiger partial charge in [-0.2, -0.15) is 0 Å². The van der Waals surface area contributed by atoms with E-state index in [1.807, 2.05) is 4.90 Å². The van der Waals surface area contributed by atoms with Crippen LogP contribution in [-0.2, 0) is 11.2 Å². The highest BCUT2D eigenvalue weighted by Gasteiger charge is 2.31. The van der Waals surface area contributed by atoms with Gasteiger partial charge < -0.3 is 9.88 Å². The van der Waals surface area contributed by atoms with Gasteiger partial charge in [0.2, 0.25) is 5.91 Å². The molecule has 1 aliphatic rings. The molecular formula is C18H24N2O. The Hall–Kier alpha value is -1.77. The van der Waals surface area contributed by atoms with Crippen LogP contribution in [0.2, 0.25) is 0 Å². The summed E-state index contributed by atoms with van der Waals surface area (Å²) < 4.78 is 0. The van der Waals surface area contributed by atoms with E-state index >= 15 is 0 Å². The Balaban J connectivity index is 1.99. The Morgan fingerprint density at radius 2 is 2.14 bits per heavy atom. The SMILES string of the molecule is CCCCC[C@H]1c2[nH]c3ccccc3c2CCN1C(C)=O. The van der Waals surface area contributed by atoms with Crippen molar-refractivity contribution in [3.05, 3.63) is 35.5 Å². The first-order chi connectivity index (χ1) is 10.2. The molecule has 0 radical (unpaired) electrons. The van der Waals surface area contributed by atoms with Crippen LogP contribution in [0.3, 0.4) is 0 Å². The fourth-order valence-corrected chi connectivity index (χ4v) is 3.58. The van der Waals surface area contributed by atoms with Crippen molar-refractivity contribution in [1.82, 2.24) is 9.88 Å². The van der Waals surface area contributed by atoms with Crippen LogP contribution < -0.4 is 0 Å². The molecule has 0 spiro atoms. The zero-order valence-electron chi connectivity index (χ0n) is 13.0. The highest BCUT2D eigenvalue weighted by atomic mass is 16.2. The zero-order valence-corrected chi connectivity index (χ0v) is 13.0. The van der Waals surface area contributed by atoms with Gasteiger partial charge in [-0.15, -0.1) is 0 Å². The Labute approximate surface area is 126 Å². The number of rotatable bonds is 4. The first-order valence-electron chi connectivity index (χ1n) is 8.09. The lowest BCUT2D eigenvalue weighted by Crippen LogP contribution is -2.38. The summed E-state index contributed by atoms with van der Waals surface area (Å²) in [6.45, 7) is 4.76. The number of hydrogen-bond donors (Lipinski definition) is 1. The Kier molecular flexibility index (Phi) is 4.00. The van der Waals surface area contributed by atoms with Gasteiger partial charge in [-0.05, 0) is 24.5 Å². The number of fused-ring (bicyclic) bond motifs is 3. The number of benzene rings is 1. The van der Waals surface area contributed by atoms with Crippen molar-refractivity contribution in [2.75, 3.05) is 6.54 Å². The van der Waals surface area contributed by atoms with Crippen LogP contribution >= 0.6 is 0 Å². The van der Waals surface area contributed by atoms with Gasteiger partial charge in [0.25, 0.3) is 0 Å². The molecule has 21 heavy (non-hydrogen) atoms. The minimum Gasteiger partial charge on any atom is -0.356 e. The number of aromatic amines is 1. The first kappa shape index (κ1) is 14.2. The smallest absolute Gasteiger partial charge is 0.220 e. The normalized spacial score (nSPS) is 18.0. The second kappa shape index (κ2) is 5.92. The lowest BCUT2D eigenvalue weighted by atomic mass is 9.93. The van der Waals surface area contributed by atoms with Crippen LogP contribution in [0.1, 0.15) is 56.8 Å². The van der Waals surface area contributed by atoms with E-state index in [1.165, 1.54) is 41.4 Å². The molecule has 1 aromatic carbocycles. The van der Waals surface area contributed by atoms with E-state index in [0.717, 1.165) is 19.4 Å². The number of carbonyl (C=O) groups is 1. The molecule has 2 aromatic rings. The third kappa shape index (κ3) is 2.57. The molecule has 0 fully saturated rings. The predicted octanol–water partition coefficient (Wildman–Crippen LogP) is 4.19. The van der Waals surface area contributed by atoms with E-state index in [1.54, 1.807) is 6.92 Å². The van der Waals surface area contributed by atoms with Gasteiger partial charge in [0.15, 0.2) is 0 Å². The summed E-state index contributed by atoms with van der Waals surface area (Å²) in [5, 5.41) is 1.33. The van der Waals surface area contributed by atoms with Crippen molar-refractivity contribution >= 4 is 16.8 Å². The Bertz CT molecular complexity index is 644. The summed E-state index contributed by atoms with van der Waals surface area (Å²) in [6.07, 6.45) is 5.65. The molecule has 3 rings (SSSR count). The number of carbonyl (C=O) groups excluding carboxylic acids is 1. The molecule has 112 valence electrons. The number of hydrogen-bond acceptors (Lipinski definition) is 1. The fourth-order valence-electron chi connectivity index (χ4n) is 3.58. The van der Waals surface area contributed by atoms with E-state index in [4.69, 9.17) is 0 Å². The van der Waals surface area contributed by atoms with Gasteiger partial charge >= 0.3 is 0 Å². The average molecular weight is 284 g/mol. The van der Waals surface area contributed by atoms with Crippen LogP contribution in [0.5, 0.6) is 0 Å². The van der Waals surface area contributed by atoms with Gasteiger partial charge in [-0.25, -0.2) is 0 Å². The van der Waals surface area contributed by atoms with Gasteiger partial charge in [-0.3, -0.25) is 4.79 Å². The molecule has 0 aliphatic carbocycles. The summed E-state index contributed by atoms with van der Waals surface area (Å²) in [5.41, 5.74) is 3.90.